The lowest BCUT2D eigenvalue weighted by molar-refractivity contribution is -0.123. The molecule has 1 heterocycles. The summed E-state index contributed by atoms with van der Waals surface area (Å²) in [6.45, 7) is 4.63. The topological polar surface area (TPSA) is 38.7 Å². The van der Waals surface area contributed by atoms with Crippen molar-refractivity contribution in [2.24, 2.45) is 5.41 Å². The highest BCUT2D eigenvalue weighted by Crippen LogP contribution is 2.34. The predicted molar refractivity (Wildman–Crippen MR) is 61.8 cm³/mol. The molecule has 3 heteroatoms. The molecular weight excluding hydrogens is 204 g/mol. The average Bonchev–Trinajstić information content (AvgIpc) is 2.25. The van der Waals surface area contributed by atoms with Crippen LogP contribution in [0.3, 0.4) is 0 Å². The summed E-state index contributed by atoms with van der Waals surface area (Å²) in [6, 6.07) is 6.84. The third kappa shape index (κ3) is 2.47. The van der Waals surface area contributed by atoms with E-state index in [4.69, 9.17) is 14.6 Å². The molecule has 0 bridgehead atoms. The van der Waals surface area contributed by atoms with Gasteiger partial charge < -0.3 is 14.6 Å². The lowest BCUT2D eigenvalue weighted by atomic mass is 9.80. The van der Waals surface area contributed by atoms with Gasteiger partial charge in [0.2, 0.25) is 0 Å². The molecule has 0 aliphatic carbocycles. The minimum Gasteiger partial charge on any atom is -0.508 e. The van der Waals surface area contributed by atoms with Gasteiger partial charge in [0.25, 0.3) is 0 Å². The molecule has 1 saturated heterocycles. The highest BCUT2D eigenvalue weighted by Gasteiger charge is 2.36. The Morgan fingerprint density at radius 2 is 2.00 bits per heavy atom. The van der Waals surface area contributed by atoms with E-state index in [1.54, 1.807) is 24.3 Å². The number of benzene rings is 1. The quantitative estimate of drug-likeness (QED) is 0.832. The van der Waals surface area contributed by atoms with E-state index in [0.717, 1.165) is 31.8 Å². The zero-order valence-corrected chi connectivity index (χ0v) is 9.61. The van der Waals surface area contributed by atoms with Gasteiger partial charge >= 0.3 is 0 Å². The molecule has 0 spiro atoms. The molecule has 2 rings (SSSR count). The number of hydrogen-bond donors (Lipinski definition) is 1. The van der Waals surface area contributed by atoms with Crippen LogP contribution in [0, 0.1) is 5.41 Å². The van der Waals surface area contributed by atoms with Crippen molar-refractivity contribution < 1.29 is 14.6 Å². The maximum absolute atomic E-state index is 9.12. The molecule has 1 fully saturated rings. The van der Waals surface area contributed by atoms with E-state index in [-0.39, 0.29) is 5.75 Å². The SMILES string of the molecule is CCC1(CCOc2ccc(O)cc2)COC1. The van der Waals surface area contributed by atoms with E-state index in [9.17, 15) is 0 Å². The van der Waals surface area contributed by atoms with Crippen molar-refractivity contribution in [2.45, 2.75) is 19.8 Å². The molecular formula is C13H18O3. The van der Waals surface area contributed by atoms with Crippen molar-refractivity contribution in [3.8, 4) is 11.5 Å². The van der Waals surface area contributed by atoms with E-state index < -0.39 is 0 Å². The van der Waals surface area contributed by atoms with Crippen LogP contribution in [0.15, 0.2) is 24.3 Å². The Morgan fingerprint density at radius 3 is 2.50 bits per heavy atom. The Balaban J connectivity index is 1.77. The molecule has 0 amide bonds. The Kier molecular flexibility index (Phi) is 3.34. The van der Waals surface area contributed by atoms with Gasteiger partial charge in [-0.2, -0.15) is 0 Å². The van der Waals surface area contributed by atoms with Gasteiger partial charge in [0.05, 0.1) is 19.8 Å². The van der Waals surface area contributed by atoms with Crippen molar-refractivity contribution in [1.82, 2.24) is 0 Å². The summed E-state index contributed by atoms with van der Waals surface area (Å²) in [6.07, 6.45) is 2.18. The van der Waals surface area contributed by atoms with E-state index in [1.807, 2.05) is 0 Å². The summed E-state index contributed by atoms with van der Waals surface area (Å²) in [5, 5.41) is 9.12. The number of aromatic hydroxyl groups is 1. The Bertz CT molecular complexity index is 322. The summed E-state index contributed by atoms with van der Waals surface area (Å²) in [7, 11) is 0. The van der Waals surface area contributed by atoms with Crippen molar-refractivity contribution in [3.63, 3.8) is 0 Å². The molecule has 0 radical (unpaired) electrons. The van der Waals surface area contributed by atoms with Gasteiger partial charge in [-0.05, 0) is 37.1 Å². The Hall–Kier alpha value is -1.22. The van der Waals surface area contributed by atoms with Crippen LogP contribution in [-0.4, -0.2) is 24.9 Å². The van der Waals surface area contributed by atoms with Gasteiger partial charge in [0.15, 0.2) is 0 Å². The third-order valence-electron chi connectivity index (χ3n) is 3.30. The molecule has 1 aromatic carbocycles. The van der Waals surface area contributed by atoms with Crippen LogP contribution in [-0.2, 0) is 4.74 Å². The predicted octanol–water partition coefficient (Wildman–Crippen LogP) is 2.59. The summed E-state index contributed by atoms with van der Waals surface area (Å²) < 4.78 is 10.9. The molecule has 0 unspecified atom stereocenters. The molecule has 3 nitrogen and oxygen atoms in total. The van der Waals surface area contributed by atoms with Crippen molar-refractivity contribution in [1.29, 1.82) is 0 Å². The molecule has 0 saturated carbocycles. The number of ether oxygens (including phenoxy) is 2. The van der Waals surface area contributed by atoms with Crippen LogP contribution in [0.2, 0.25) is 0 Å². The maximum atomic E-state index is 9.12. The van der Waals surface area contributed by atoms with Crippen molar-refractivity contribution in [2.75, 3.05) is 19.8 Å². The monoisotopic (exact) mass is 222 g/mol. The van der Waals surface area contributed by atoms with Gasteiger partial charge in [0.1, 0.15) is 11.5 Å². The lowest BCUT2D eigenvalue weighted by Gasteiger charge is -2.40. The number of phenolic OH excluding ortho intramolecular Hbond substituents is 1. The van der Waals surface area contributed by atoms with Gasteiger partial charge in [-0.1, -0.05) is 6.92 Å². The van der Waals surface area contributed by atoms with Crippen LogP contribution >= 0.6 is 0 Å². The van der Waals surface area contributed by atoms with Crippen LogP contribution in [0.25, 0.3) is 0 Å². The molecule has 1 aliphatic rings. The number of hydrogen-bond acceptors (Lipinski definition) is 3. The molecule has 1 aliphatic heterocycles. The van der Waals surface area contributed by atoms with E-state index >= 15 is 0 Å². The van der Waals surface area contributed by atoms with Gasteiger partial charge in [-0.25, -0.2) is 0 Å². The first-order chi connectivity index (χ1) is 7.74. The first-order valence-corrected chi connectivity index (χ1v) is 5.74. The van der Waals surface area contributed by atoms with Gasteiger partial charge in [0, 0.05) is 5.41 Å². The largest absolute Gasteiger partial charge is 0.508 e. The van der Waals surface area contributed by atoms with Crippen LogP contribution < -0.4 is 4.74 Å². The zero-order valence-electron chi connectivity index (χ0n) is 9.61. The second-order valence-corrected chi connectivity index (χ2v) is 4.44. The Morgan fingerprint density at radius 1 is 1.31 bits per heavy atom. The fourth-order valence-corrected chi connectivity index (χ4v) is 1.84. The first-order valence-electron chi connectivity index (χ1n) is 5.74. The van der Waals surface area contributed by atoms with Crippen LogP contribution in [0.4, 0.5) is 0 Å². The number of phenols is 1. The smallest absolute Gasteiger partial charge is 0.119 e. The molecule has 1 aromatic rings. The fourth-order valence-electron chi connectivity index (χ4n) is 1.84. The highest BCUT2D eigenvalue weighted by molar-refractivity contribution is 5.30. The van der Waals surface area contributed by atoms with Crippen molar-refractivity contribution >= 4 is 0 Å². The maximum Gasteiger partial charge on any atom is 0.119 e. The lowest BCUT2D eigenvalue weighted by Crippen LogP contribution is -2.43. The first kappa shape index (κ1) is 11.3. The minimum atomic E-state index is 0.268. The van der Waals surface area contributed by atoms with Crippen LogP contribution in [0.5, 0.6) is 11.5 Å². The summed E-state index contributed by atoms with van der Waals surface area (Å²) in [5.74, 6) is 1.08. The second kappa shape index (κ2) is 4.74. The molecule has 0 aromatic heterocycles. The van der Waals surface area contributed by atoms with Gasteiger partial charge in [-0.15, -0.1) is 0 Å². The van der Waals surface area contributed by atoms with Gasteiger partial charge in [-0.3, -0.25) is 0 Å². The molecule has 16 heavy (non-hydrogen) atoms. The average molecular weight is 222 g/mol. The zero-order chi connectivity index (χ0) is 11.4. The summed E-state index contributed by atoms with van der Waals surface area (Å²) in [5.41, 5.74) is 0.344. The van der Waals surface area contributed by atoms with E-state index in [2.05, 4.69) is 6.92 Å². The molecule has 0 atom stereocenters. The second-order valence-electron chi connectivity index (χ2n) is 4.44. The fraction of sp³-hybridized carbons (Fsp3) is 0.538. The van der Waals surface area contributed by atoms with Crippen molar-refractivity contribution in [3.05, 3.63) is 24.3 Å². The summed E-state index contributed by atoms with van der Waals surface area (Å²) in [4.78, 5) is 0. The van der Waals surface area contributed by atoms with E-state index in [1.165, 1.54) is 0 Å². The Labute approximate surface area is 96.0 Å². The molecule has 1 N–H and O–H groups in total. The van der Waals surface area contributed by atoms with E-state index in [0.29, 0.717) is 12.0 Å². The highest BCUT2D eigenvalue weighted by atomic mass is 16.5. The summed E-state index contributed by atoms with van der Waals surface area (Å²) >= 11 is 0. The molecule has 88 valence electrons. The number of rotatable bonds is 5. The van der Waals surface area contributed by atoms with Crippen LogP contribution in [0.1, 0.15) is 19.8 Å². The minimum absolute atomic E-state index is 0.268. The normalized spacial score (nSPS) is 17.8. The third-order valence-corrected chi connectivity index (χ3v) is 3.30. The standard InChI is InChI=1S/C13H18O3/c1-2-13(9-15-10-13)7-8-16-12-5-3-11(14)4-6-12/h3-6,14H,2,7-10H2,1H3.